The second-order valence-electron chi connectivity index (χ2n) is 14.5. The third kappa shape index (κ3) is 10.9. The molecule has 0 saturated heterocycles. The summed E-state index contributed by atoms with van der Waals surface area (Å²) in [4.78, 5) is 18.8. The standard InChI is InChI=1S/C23H18N4O9S2.C20H13N3O7S.Cr/c1-13-2-7-17(8-3-13)37(32,33)26-15-5-4-14-10-21(38(34,35)36)22(23(29)18(14)11-15)25-24-19-12-16(27(30)31)6-9-20(19)28;24-16-8-5-11-3-1-2-4-13(11)19(16)21-22-20-14-7-6-12(23(26)27)9-15(14)18(10-17(20)25)31(28,29)30;/h2-12,26,28-29H,1H3,(H,34,35,36);1-10,24-25H,(H,28,29,30);/q;;+3/p-3. The number of phenols is 2. The van der Waals surface area contributed by atoms with Crippen LogP contribution in [0.2, 0.25) is 0 Å². The molecule has 8 rings (SSSR count). The number of benzene rings is 8. The summed E-state index contributed by atoms with van der Waals surface area (Å²) in [6, 6.07) is 27.1. The molecule has 1 radical (unpaired) electrons. The molecule has 4 N–H and O–H groups in total. The number of fused-ring (bicyclic) bond motifs is 3. The molecule has 0 fully saturated rings. The fraction of sp³-hybridized carbons (Fsp3) is 0.0233. The minimum Gasteiger partial charge on any atom is -0.871 e. The Morgan fingerprint density at radius 3 is 1.81 bits per heavy atom. The van der Waals surface area contributed by atoms with Crippen molar-refractivity contribution < 1.29 is 82.0 Å². The van der Waals surface area contributed by atoms with Crippen molar-refractivity contribution in [2.75, 3.05) is 4.72 Å². The Labute approximate surface area is 405 Å². The Morgan fingerprint density at radius 2 is 1.17 bits per heavy atom. The Bertz CT molecular complexity index is 3860. The van der Waals surface area contributed by atoms with E-state index in [2.05, 4.69) is 25.2 Å². The van der Waals surface area contributed by atoms with Gasteiger partial charge in [-0.15, -0.1) is 15.3 Å². The largest absolute Gasteiger partial charge is 3.00 e. The van der Waals surface area contributed by atoms with Gasteiger partial charge in [0.2, 0.25) is 0 Å². The van der Waals surface area contributed by atoms with E-state index in [4.69, 9.17) is 0 Å². The first-order chi connectivity index (χ1) is 32.4. The van der Waals surface area contributed by atoms with E-state index in [9.17, 15) is 75.0 Å². The minimum atomic E-state index is -5.26. The number of nitro groups is 2. The quantitative estimate of drug-likeness (QED) is 0.0409. The Balaban J connectivity index is 0.000000231. The Morgan fingerprint density at radius 1 is 0.571 bits per heavy atom. The van der Waals surface area contributed by atoms with Gasteiger partial charge in [-0.3, -0.25) is 29.5 Å². The first kappa shape index (κ1) is 51.2. The molecular weight excluding hydrogens is 1020 g/mol. The van der Waals surface area contributed by atoms with Crippen LogP contribution in [0.1, 0.15) is 5.56 Å². The van der Waals surface area contributed by atoms with Crippen LogP contribution in [0.15, 0.2) is 163 Å². The molecule has 0 aliphatic rings. The molecule has 355 valence electrons. The molecule has 0 spiro atoms. The van der Waals surface area contributed by atoms with Crippen LogP contribution in [-0.2, 0) is 47.6 Å². The summed E-state index contributed by atoms with van der Waals surface area (Å²) < 4.78 is 96.4. The van der Waals surface area contributed by atoms with E-state index in [1.54, 1.807) is 49.4 Å². The number of nitrogens with zero attached hydrogens (tertiary/aromatic N) is 6. The first-order valence-electron chi connectivity index (χ1n) is 19.2. The number of nitro benzene ring substituents is 2. The van der Waals surface area contributed by atoms with E-state index in [1.165, 1.54) is 36.4 Å². The molecule has 0 unspecified atom stereocenters. The molecule has 0 bridgehead atoms. The fourth-order valence-corrected chi connectivity index (χ4v) is 9.04. The van der Waals surface area contributed by atoms with Crippen LogP contribution in [-0.4, -0.2) is 54.4 Å². The number of rotatable bonds is 11. The van der Waals surface area contributed by atoms with E-state index in [0.29, 0.717) is 5.39 Å². The van der Waals surface area contributed by atoms with E-state index in [0.717, 1.165) is 59.5 Å². The van der Waals surface area contributed by atoms with Crippen molar-refractivity contribution >= 4 is 102 Å². The van der Waals surface area contributed by atoms with Crippen LogP contribution in [0.5, 0.6) is 23.0 Å². The number of hydrogen-bond donors (Lipinski definition) is 4. The summed E-state index contributed by atoms with van der Waals surface area (Å²) in [6.45, 7) is 1.78. The molecule has 8 aromatic rings. The molecule has 27 heteroatoms. The average molecular weight is 1050 g/mol. The van der Waals surface area contributed by atoms with Crippen molar-refractivity contribution in [1.29, 1.82) is 0 Å². The summed E-state index contributed by atoms with van der Waals surface area (Å²) in [5.74, 6) is -2.71. The van der Waals surface area contributed by atoms with Crippen LogP contribution >= 0.6 is 0 Å². The fourth-order valence-electron chi connectivity index (χ4n) is 6.64. The summed E-state index contributed by atoms with van der Waals surface area (Å²) in [7, 11) is -14.1. The predicted molar refractivity (Wildman–Crippen MR) is 242 cm³/mol. The van der Waals surface area contributed by atoms with Gasteiger partial charge < -0.3 is 25.0 Å². The third-order valence-corrected chi connectivity index (χ3v) is 13.1. The molecule has 0 saturated carbocycles. The zero-order valence-electron chi connectivity index (χ0n) is 35.1. The Kier molecular flexibility index (Phi) is 14.5. The molecule has 0 aromatic heterocycles. The summed E-state index contributed by atoms with van der Waals surface area (Å²) in [5, 5.41) is 83.8. The molecule has 23 nitrogen and oxygen atoms in total. The molecule has 70 heavy (non-hydrogen) atoms. The zero-order chi connectivity index (χ0) is 50.2. The number of aryl methyl sites for hydroxylation is 1. The number of hydrogen-bond acceptors (Lipinski definition) is 19. The second kappa shape index (κ2) is 19.8. The van der Waals surface area contributed by atoms with Crippen molar-refractivity contribution in [2.24, 2.45) is 20.5 Å². The van der Waals surface area contributed by atoms with Crippen LogP contribution < -0.4 is 14.9 Å². The van der Waals surface area contributed by atoms with Gasteiger partial charge in [-0.2, -0.15) is 13.5 Å². The van der Waals surface area contributed by atoms with E-state index >= 15 is 0 Å². The number of aromatic hydroxyl groups is 2. The van der Waals surface area contributed by atoms with Gasteiger partial charge in [-0.05, 0) is 65.5 Å². The first-order valence-corrected chi connectivity index (χ1v) is 23.5. The SMILES string of the molecule is Cc1ccc(S(=O)(=O)Nc2ccc3cc(S(=O)(=O)[O-])c(N=Nc4cc([N+](=O)[O-])ccc4[O-])c([O-])c3c2)cc1.O=[N+]([O-])c1ccc2c(N=Nc3c(O)ccc4ccccc34)c(O)cc(S(=O)(=O)O)c2c1.[Cr+3]. The summed E-state index contributed by atoms with van der Waals surface area (Å²) in [6.07, 6.45) is 0. The third-order valence-electron chi connectivity index (χ3n) is 9.95. The molecule has 0 heterocycles. The molecule has 0 amide bonds. The van der Waals surface area contributed by atoms with Gasteiger partial charge in [0.1, 0.15) is 37.9 Å². The monoisotopic (exact) mass is 1050 g/mol. The van der Waals surface area contributed by atoms with E-state index in [-0.39, 0.29) is 66.6 Å². The van der Waals surface area contributed by atoms with Crippen molar-refractivity contribution in [3.05, 3.63) is 153 Å². The van der Waals surface area contributed by atoms with Gasteiger partial charge in [0.15, 0.2) is 0 Å². The summed E-state index contributed by atoms with van der Waals surface area (Å²) in [5.41, 5.74) is -1.73. The molecule has 0 aliphatic heterocycles. The van der Waals surface area contributed by atoms with Crippen molar-refractivity contribution in [1.82, 2.24) is 0 Å². The maximum Gasteiger partial charge on any atom is 3.00 e. The van der Waals surface area contributed by atoms with E-state index in [1.807, 2.05) is 0 Å². The molecular formula is C43H28CrN7O16S3. The Hall–Kier alpha value is -8.16. The normalized spacial score (nSPS) is 11.9. The predicted octanol–water partition coefficient (Wildman–Crippen LogP) is 8.30. The van der Waals surface area contributed by atoms with Gasteiger partial charge in [0.25, 0.3) is 31.5 Å². The summed E-state index contributed by atoms with van der Waals surface area (Å²) >= 11 is 0. The minimum absolute atomic E-state index is 0. The number of nitrogens with one attached hydrogen (secondary N) is 1. The van der Waals surface area contributed by atoms with E-state index < -0.39 is 89.9 Å². The average Bonchev–Trinajstić information content (AvgIpc) is 3.28. The van der Waals surface area contributed by atoms with Crippen LogP contribution in [0.3, 0.4) is 0 Å². The number of sulfonamides is 1. The van der Waals surface area contributed by atoms with Crippen molar-refractivity contribution in [3.63, 3.8) is 0 Å². The van der Waals surface area contributed by atoms with Crippen LogP contribution in [0, 0.1) is 27.2 Å². The number of azo groups is 2. The maximum absolute atomic E-state index is 13.2. The number of phenolic OH excluding ortho intramolecular Hbond substituents is 2. The smallest absolute Gasteiger partial charge is 0.871 e. The second-order valence-corrected chi connectivity index (χ2v) is 18.9. The van der Waals surface area contributed by atoms with Gasteiger partial charge >= 0.3 is 17.4 Å². The van der Waals surface area contributed by atoms with Gasteiger partial charge in [0, 0.05) is 52.2 Å². The molecule has 8 aromatic carbocycles. The van der Waals surface area contributed by atoms with Crippen LogP contribution in [0.25, 0.3) is 32.3 Å². The number of anilines is 1. The molecule has 0 atom stereocenters. The van der Waals surface area contributed by atoms with Gasteiger partial charge in [0.05, 0.1) is 31.0 Å². The molecule has 0 aliphatic carbocycles. The maximum atomic E-state index is 13.2. The zero-order valence-corrected chi connectivity index (χ0v) is 38.8. The van der Waals surface area contributed by atoms with Gasteiger partial charge in [-0.25, -0.2) is 16.8 Å². The van der Waals surface area contributed by atoms with Crippen molar-refractivity contribution in [3.8, 4) is 23.0 Å². The topological polar surface area (TPSA) is 380 Å². The number of non-ortho nitro benzene ring substituents is 2. The van der Waals surface area contributed by atoms with Gasteiger partial charge in [-0.1, -0.05) is 71.7 Å². The van der Waals surface area contributed by atoms with Crippen molar-refractivity contribution in [2.45, 2.75) is 21.6 Å². The van der Waals surface area contributed by atoms with Crippen LogP contribution in [0.4, 0.5) is 39.8 Å².